The summed E-state index contributed by atoms with van der Waals surface area (Å²) < 4.78 is 10.8. The van der Waals surface area contributed by atoms with Crippen molar-refractivity contribution in [3.05, 3.63) is 29.6 Å². The molecule has 5 heteroatoms. The number of phenols is 1. The van der Waals surface area contributed by atoms with Gasteiger partial charge in [-0.25, -0.2) is 0 Å². The zero-order valence-electron chi connectivity index (χ0n) is 11.0. The van der Waals surface area contributed by atoms with Crippen molar-refractivity contribution < 1.29 is 14.4 Å². The average Bonchev–Trinajstić information content (AvgIpc) is 2.82. The van der Waals surface area contributed by atoms with E-state index in [0.29, 0.717) is 11.7 Å². The molecule has 5 nitrogen and oxygen atoms in total. The molecule has 3 rings (SSSR count). The quantitative estimate of drug-likeness (QED) is 0.919. The van der Waals surface area contributed by atoms with Crippen LogP contribution in [-0.4, -0.2) is 22.4 Å². The van der Waals surface area contributed by atoms with Crippen molar-refractivity contribution in [3.8, 4) is 17.2 Å². The van der Waals surface area contributed by atoms with Crippen LogP contribution in [0.25, 0.3) is 11.5 Å². The van der Waals surface area contributed by atoms with Crippen LogP contribution in [0, 0.1) is 6.92 Å². The van der Waals surface area contributed by atoms with E-state index in [4.69, 9.17) is 9.26 Å². The fraction of sp³-hybridized carbons (Fsp3) is 0.429. The van der Waals surface area contributed by atoms with Gasteiger partial charge in [0.15, 0.2) is 0 Å². The molecule has 1 aromatic heterocycles. The molecule has 0 radical (unpaired) electrons. The molecule has 1 aromatic carbocycles. The first-order valence-electron chi connectivity index (χ1n) is 6.34. The van der Waals surface area contributed by atoms with Gasteiger partial charge in [-0.15, -0.1) is 0 Å². The van der Waals surface area contributed by atoms with E-state index in [0.717, 1.165) is 30.4 Å². The summed E-state index contributed by atoms with van der Waals surface area (Å²) in [5.41, 5.74) is 1.11. The van der Waals surface area contributed by atoms with Crippen LogP contribution in [-0.2, 0) is 10.3 Å². The Bertz CT molecular complexity index is 597. The monoisotopic (exact) mass is 260 g/mol. The number of aromatic hydroxyl groups is 1. The molecule has 1 aliphatic rings. The minimum Gasteiger partial charge on any atom is -0.508 e. The molecular formula is C14H16N2O3. The summed E-state index contributed by atoms with van der Waals surface area (Å²) in [5, 5.41) is 13.8. The Kier molecular flexibility index (Phi) is 2.78. The van der Waals surface area contributed by atoms with Crippen LogP contribution in [0.5, 0.6) is 5.75 Å². The normalized spacial score (nSPS) is 17.2. The Morgan fingerprint density at radius 3 is 2.79 bits per heavy atom. The molecule has 0 aliphatic heterocycles. The Morgan fingerprint density at radius 1 is 1.37 bits per heavy atom. The average molecular weight is 260 g/mol. The molecule has 1 N–H and O–H groups in total. The lowest BCUT2D eigenvalue weighted by molar-refractivity contribution is -0.0858. The fourth-order valence-electron chi connectivity index (χ4n) is 2.39. The summed E-state index contributed by atoms with van der Waals surface area (Å²) >= 11 is 0. The maximum absolute atomic E-state index is 9.72. The highest BCUT2D eigenvalue weighted by Crippen LogP contribution is 2.43. The Labute approximate surface area is 111 Å². The van der Waals surface area contributed by atoms with E-state index in [1.165, 1.54) is 0 Å². The maximum atomic E-state index is 9.72. The van der Waals surface area contributed by atoms with E-state index >= 15 is 0 Å². The largest absolute Gasteiger partial charge is 0.508 e. The highest BCUT2D eigenvalue weighted by molar-refractivity contribution is 5.61. The number of rotatable bonds is 3. The Balaban J connectivity index is 1.99. The van der Waals surface area contributed by atoms with E-state index in [1.54, 1.807) is 19.2 Å². The first-order valence-corrected chi connectivity index (χ1v) is 6.34. The van der Waals surface area contributed by atoms with Crippen molar-refractivity contribution >= 4 is 0 Å². The van der Waals surface area contributed by atoms with Gasteiger partial charge >= 0.3 is 0 Å². The van der Waals surface area contributed by atoms with Gasteiger partial charge in [0.2, 0.25) is 5.82 Å². The topological polar surface area (TPSA) is 68.4 Å². The van der Waals surface area contributed by atoms with Crippen molar-refractivity contribution in [2.24, 2.45) is 0 Å². The molecule has 0 unspecified atom stereocenters. The van der Waals surface area contributed by atoms with Gasteiger partial charge in [-0.05, 0) is 38.3 Å². The number of ether oxygens (including phenoxy) is 1. The number of benzene rings is 1. The predicted octanol–water partition coefficient (Wildman–Crippen LogP) is 2.78. The van der Waals surface area contributed by atoms with Crippen LogP contribution in [0.4, 0.5) is 0 Å². The van der Waals surface area contributed by atoms with Gasteiger partial charge in [0.1, 0.15) is 11.4 Å². The minimum atomic E-state index is -0.382. The minimum absolute atomic E-state index is 0.224. The van der Waals surface area contributed by atoms with Gasteiger partial charge in [-0.3, -0.25) is 0 Å². The molecule has 1 heterocycles. The van der Waals surface area contributed by atoms with Gasteiger partial charge < -0.3 is 14.4 Å². The predicted molar refractivity (Wildman–Crippen MR) is 68.7 cm³/mol. The van der Waals surface area contributed by atoms with Crippen LogP contribution in [0.15, 0.2) is 22.7 Å². The zero-order chi connectivity index (χ0) is 13.5. The highest BCUT2D eigenvalue weighted by atomic mass is 16.5. The molecule has 100 valence electrons. The lowest BCUT2D eigenvalue weighted by atomic mass is 9.79. The van der Waals surface area contributed by atoms with Gasteiger partial charge in [0.25, 0.3) is 5.89 Å². The zero-order valence-corrected chi connectivity index (χ0v) is 11.0. The number of nitrogens with zero attached hydrogens (tertiary/aromatic N) is 2. The summed E-state index contributed by atoms with van der Waals surface area (Å²) in [6.45, 7) is 1.82. The summed E-state index contributed by atoms with van der Waals surface area (Å²) in [7, 11) is 1.68. The number of aromatic nitrogens is 2. The van der Waals surface area contributed by atoms with Crippen molar-refractivity contribution in [1.82, 2.24) is 10.1 Å². The summed E-state index contributed by atoms with van der Waals surface area (Å²) in [4.78, 5) is 4.43. The van der Waals surface area contributed by atoms with Gasteiger partial charge in [-0.2, -0.15) is 4.98 Å². The van der Waals surface area contributed by atoms with Gasteiger partial charge in [-0.1, -0.05) is 11.2 Å². The molecule has 0 amide bonds. The SMILES string of the molecule is COC1(c2noc(-c3cccc(O)c3C)n2)CCC1. The second-order valence-corrected chi connectivity index (χ2v) is 4.92. The number of hydrogen-bond donors (Lipinski definition) is 1. The third-order valence-corrected chi connectivity index (χ3v) is 3.92. The fourth-order valence-corrected chi connectivity index (χ4v) is 2.39. The number of phenolic OH excluding ortho intramolecular Hbond substituents is 1. The lowest BCUT2D eigenvalue weighted by Gasteiger charge is -2.37. The van der Waals surface area contributed by atoms with Crippen molar-refractivity contribution in [2.45, 2.75) is 31.8 Å². The Morgan fingerprint density at radius 2 is 2.16 bits per heavy atom. The van der Waals surface area contributed by atoms with Crippen LogP contribution in [0.2, 0.25) is 0 Å². The molecular weight excluding hydrogens is 244 g/mol. The molecule has 0 spiro atoms. The van der Waals surface area contributed by atoms with E-state index in [2.05, 4.69) is 10.1 Å². The summed E-state index contributed by atoms with van der Waals surface area (Å²) in [6.07, 6.45) is 2.95. The second kappa shape index (κ2) is 4.35. The first kappa shape index (κ1) is 12.2. The summed E-state index contributed by atoms with van der Waals surface area (Å²) in [5.74, 6) is 1.24. The number of methoxy groups -OCH3 is 1. The molecule has 0 saturated heterocycles. The van der Waals surface area contributed by atoms with E-state index < -0.39 is 0 Å². The molecule has 0 atom stereocenters. The van der Waals surface area contributed by atoms with Crippen molar-refractivity contribution in [3.63, 3.8) is 0 Å². The van der Waals surface area contributed by atoms with Crippen molar-refractivity contribution in [2.75, 3.05) is 7.11 Å². The smallest absolute Gasteiger partial charge is 0.258 e. The van der Waals surface area contributed by atoms with Crippen LogP contribution >= 0.6 is 0 Å². The van der Waals surface area contributed by atoms with Gasteiger partial charge in [0.05, 0.1) is 0 Å². The lowest BCUT2D eigenvalue weighted by Crippen LogP contribution is -2.37. The molecule has 19 heavy (non-hydrogen) atoms. The highest BCUT2D eigenvalue weighted by Gasteiger charge is 2.43. The van der Waals surface area contributed by atoms with E-state index in [-0.39, 0.29) is 11.4 Å². The number of hydrogen-bond acceptors (Lipinski definition) is 5. The Hall–Kier alpha value is -1.88. The van der Waals surface area contributed by atoms with E-state index in [9.17, 15) is 5.11 Å². The van der Waals surface area contributed by atoms with Crippen molar-refractivity contribution in [1.29, 1.82) is 0 Å². The third kappa shape index (κ3) is 1.81. The van der Waals surface area contributed by atoms with Gasteiger partial charge in [0, 0.05) is 18.2 Å². The molecule has 1 fully saturated rings. The maximum Gasteiger partial charge on any atom is 0.258 e. The molecule has 2 aromatic rings. The van der Waals surface area contributed by atoms with Crippen LogP contribution < -0.4 is 0 Å². The molecule has 0 bridgehead atoms. The summed E-state index contributed by atoms with van der Waals surface area (Å²) in [6, 6.07) is 5.25. The van der Waals surface area contributed by atoms with E-state index in [1.807, 2.05) is 13.0 Å². The van der Waals surface area contributed by atoms with Crippen LogP contribution in [0.1, 0.15) is 30.7 Å². The standard InChI is InChI=1S/C14H16N2O3/c1-9-10(5-3-6-11(9)17)12-15-13(16-19-12)14(18-2)7-4-8-14/h3,5-6,17H,4,7-8H2,1-2H3. The van der Waals surface area contributed by atoms with Crippen LogP contribution in [0.3, 0.4) is 0 Å². The second-order valence-electron chi connectivity index (χ2n) is 4.92. The molecule has 1 saturated carbocycles. The first-order chi connectivity index (χ1) is 9.16. The molecule has 1 aliphatic carbocycles. The third-order valence-electron chi connectivity index (χ3n) is 3.92.